The van der Waals surface area contributed by atoms with Gasteiger partial charge >= 0.3 is 6.09 Å². The third-order valence-electron chi connectivity index (χ3n) is 4.02. The van der Waals surface area contributed by atoms with Crippen LogP contribution in [0.2, 0.25) is 0 Å². The highest BCUT2D eigenvalue weighted by molar-refractivity contribution is 6.02. The third-order valence-corrected chi connectivity index (χ3v) is 4.02. The summed E-state index contributed by atoms with van der Waals surface area (Å²) in [5, 5.41) is 5.52. The molecule has 1 rings (SSSR count). The minimum absolute atomic E-state index is 0.0190. The highest BCUT2D eigenvalue weighted by Crippen LogP contribution is 2.26. The normalized spacial score (nSPS) is 12.2. The first-order valence-corrected chi connectivity index (χ1v) is 8.65. The van der Waals surface area contributed by atoms with Crippen LogP contribution in [0.3, 0.4) is 0 Å². The molecule has 0 fully saturated rings. The zero-order chi connectivity index (χ0) is 19.0. The molecule has 2 amide bonds. The summed E-state index contributed by atoms with van der Waals surface area (Å²) in [5.74, 6) is 0.801. The minimum Gasteiger partial charge on any atom is -0.410 e. The van der Waals surface area contributed by atoms with Gasteiger partial charge in [-0.2, -0.15) is 0 Å². The fraction of sp³-hybridized carbons (Fsp3) is 0.500. The van der Waals surface area contributed by atoms with Crippen LogP contribution in [0.1, 0.15) is 47.5 Å². The van der Waals surface area contributed by atoms with Crippen molar-refractivity contribution in [3.63, 3.8) is 0 Å². The van der Waals surface area contributed by atoms with Crippen LogP contribution in [0.15, 0.2) is 36.4 Å². The molecule has 25 heavy (non-hydrogen) atoms. The topological polar surface area (TPSA) is 67.4 Å². The number of anilines is 1. The van der Waals surface area contributed by atoms with E-state index in [1.54, 1.807) is 31.2 Å². The Bertz CT molecular complexity index is 606. The van der Waals surface area contributed by atoms with Gasteiger partial charge in [0.1, 0.15) is 5.75 Å². The van der Waals surface area contributed by atoms with E-state index in [1.807, 2.05) is 0 Å². The maximum Gasteiger partial charge on any atom is 0.412 e. The van der Waals surface area contributed by atoms with Gasteiger partial charge in [-0.1, -0.05) is 40.7 Å². The molecular formula is C20H30N2O3. The van der Waals surface area contributed by atoms with Crippen molar-refractivity contribution in [2.75, 3.05) is 11.9 Å². The number of ether oxygens (including phenoxy) is 1. The van der Waals surface area contributed by atoms with Crippen molar-refractivity contribution in [2.24, 2.45) is 11.3 Å². The molecular weight excluding hydrogens is 316 g/mol. The van der Waals surface area contributed by atoms with E-state index in [-0.39, 0.29) is 11.3 Å². The second kappa shape index (κ2) is 9.25. The van der Waals surface area contributed by atoms with Gasteiger partial charge in [0.25, 0.3) is 5.91 Å². The number of hydrogen-bond acceptors (Lipinski definition) is 3. The molecule has 0 saturated carbocycles. The van der Waals surface area contributed by atoms with E-state index < -0.39 is 6.09 Å². The Labute approximate surface area is 150 Å². The molecule has 5 heteroatoms. The predicted octanol–water partition coefficient (Wildman–Crippen LogP) is 4.75. The van der Waals surface area contributed by atoms with Gasteiger partial charge in [-0.05, 0) is 48.9 Å². The average Bonchev–Trinajstić information content (AvgIpc) is 2.54. The van der Waals surface area contributed by atoms with Crippen molar-refractivity contribution < 1.29 is 14.3 Å². The summed E-state index contributed by atoms with van der Waals surface area (Å²) < 4.78 is 5.27. The Morgan fingerprint density at radius 2 is 1.84 bits per heavy atom. The van der Waals surface area contributed by atoms with Crippen molar-refractivity contribution in [3.8, 4) is 5.75 Å². The van der Waals surface area contributed by atoms with Crippen molar-refractivity contribution in [3.05, 3.63) is 36.4 Å². The van der Waals surface area contributed by atoms with Crippen LogP contribution in [0.5, 0.6) is 5.75 Å². The summed E-state index contributed by atoms with van der Waals surface area (Å²) in [4.78, 5) is 23.5. The summed E-state index contributed by atoms with van der Waals surface area (Å²) in [5.41, 5.74) is 1.07. The zero-order valence-corrected chi connectivity index (χ0v) is 15.9. The van der Waals surface area contributed by atoms with Gasteiger partial charge in [0, 0.05) is 17.8 Å². The van der Waals surface area contributed by atoms with E-state index in [0.717, 1.165) is 12.8 Å². The predicted molar refractivity (Wildman–Crippen MR) is 102 cm³/mol. The number of hydrogen-bond donors (Lipinski definition) is 2. The van der Waals surface area contributed by atoms with Crippen molar-refractivity contribution in [2.45, 2.75) is 47.5 Å². The van der Waals surface area contributed by atoms with Crippen LogP contribution >= 0.6 is 0 Å². The maximum absolute atomic E-state index is 12.0. The zero-order valence-electron chi connectivity index (χ0n) is 15.9. The van der Waals surface area contributed by atoms with Gasteiger partial charge in [0.05, 0.1) is 0 Å². The molecule has 138 valence electrons. The lowest BCUT2D eigenvalue weighted by atomic mass is 9.82. The highest BCUT2D eigenvalue weighted by Gasteiger charge is 2.21. The van der Waals surface area contributed by atoms with E-state index in [2.05, 4.69) is 44.9 Å². The molecule has 0 aliphatic heterocycles. The Morgan fingerprint density at radius 3 is 2.36 bits per heavy atom. The monoisotopic (exact) mass is 346 g/mol. The number of nitrogens with one attached hydrogen (secondary N) is 2. The van der Waals surface area contributed by atoms with Crippen LogP contribution in [-0.2, 0) is 4.79 Å². The summed E-state index contributed by atoms with van der Waals surface area (Å²) >= 11 is 0. The molecule has 0 aliphatic rings. The minimum atomic E-state index is -0.476. The van der Waals surface area contributed by atoms with E-state index in [1.165, 1.54) is 0 Å². The third kappa shape index (κ3) is 7.88. The van der Waals surface area contributed by atoms with Crippen LogP contribution in [0.25, 0.3) is 0 Å². The summed E-state index contributed by atoms with van der Waals surface area (Å²) in [6, 6.07) is 6.63. The number of benzene rings is 1. The summed E-state index contributed by atoms with van der Waals surface area (Å²) in [6.45, 7) is 14.4. The quantitative estimate of drug-likeness (QED) is 0.667. The largest absolute Gasteiger partial charge is 0.412 e. The Kier molecular flexibility index (Phi) is 7.68. The first-order valence-electron chi connectivity index (χ1n) is 8.65. The van der Waals surface area contributed by atoms with Gasteiger partial charge in [-0.25, -0.2) is 4.79 Å². The smallest absolute Gasteiger partial charge is 0.410 e. The fourth-order valence-electron chi connectivity index (χ4n) is 2.46. The van der Waals surface area contributed by atoms with Crippen molar-refractivity contribution in [1.82, 2.24) is 5.32 Å². The van der Waals surface area contributed by atoms with Gasteiger partial charge in [0.15, 0.2) is 0 Å². The van der Waals surface area contributed by atoms with Crippen LogP contribution in [-0.4, -0.2) is 18.5 Å². The SMILES string of the molecule is C=C(C)C(=O)Nc1ccc(OC(=O)NCC(C)(C)CC(C)CC)cc1. The highest BCUT2D eigenvalue weighted by atomic mass is 16.6. The van der Waals surface area contributed by atoms with E-state index >= 15 is 0 Å². The Morgan fingerprint density at radius 1 is 1.24 bits per heavy atom. The second-order valence-electron chi connectivity index (χ2n) is 7.38. The van der Waals surface area contributed by atoms with Gasteiger partial charge in [-0.15, -0.1) is 0 Å². The maximum atomic E-state index is 12.0. The number of carbonyl (C=O) groups is 2. The van der Waals surface area contributed by atoms with Crippen LogP contribution < -0.4 is 15.4 Å². The fourth-order valence-corrected chi connectivity index (χ4v) is 2.46. The summed E-state index contributed by atoms with van der Waals surface area (Å²) in [7, 11) is 0. The molecule has 0 aliphatic carbocycles. The van der Waals surface area contributed by atoms with E-state index in [9.17, 15) is 9.59 Å². The van der Waals surface area contributed by atoms with Gasteiger partial charge < -0.3 is 15.4 Å². The molecule has 1 atom stereocenters. The van der Waals surface area contributed by atoms with Crippen molar-refractivity contribution in [1.29, 1.82) is 0 Å². The lowest BCUT2D eigenvalue weighted by Crippen LogP contribution is -2.36. The number of rotatable bonds is 8. The molecule has 1 aromatic rings. The first kappa shape index (κ1) is 20.7. The number of carbonyl (C=O) groups excluding carboxylic acids is 2. The summed E-state index contributed by atoms with van der Waals surface area (Å²) in [6.07, 6.45) is 1.69. The van der Waals surface area contributed by atoms with E-state index in [4.69, 9.17) is 4.74 Å². The Balaban J connectivity index is 2.49. The molecule has 0 radical (unpaired) electrons. The molecule has 2 N–H and O–H groups in total. The molecule has 0 heterocycles. The molecule has 0 saturated heterocycles. The molecule has 5 nitrogen and oxygen atoms in total. The van der Waals surface area contributed by atoms with Crippen molar-refractivity contribution >= 4 is 17.7 Å². The van der Waals surface area contributed by atoms with Gasteiger partial charge in [0.2, 0.25) is 0 Å². The van der Waals surface area contributed by atoms with Crippen LogP contribution in [0.4, 0.5) is 10.5 Å². The average molecular weight is 346 g/mol. The lowest BCUT2D eigenvalue weighted by molar-refractivity contribution is -0.112. The molecule has 1 unspecified atom stereocenters. The van der Waals surface area contributed by atoms with Gasteiger partial charge in [-0.3, -0.25) is 4.79 Å². The molecule has 0 bridgehead atoms. The van der Waals surface area contributed by atoms with Crippen LogP contribution in [0, 0.1) is 11.3 Å². The number of amides is 2. The Hall–Kier alpha value is -2.30. The lowest BCUT2D eigenvalue weighted by Gasteiger charge is -2.27. The molecule has 0 aromatic heterocycles. The first-order chi connectivity index (χ1) is 11.6. The molecule has 1 aromatic carbocycles. The molecule has 0 spiro atoms. The standard InChI is InChI=1S/C20H30N2O3/c1-7-15(4)12-20(5,6)13-21-19(24)25-17-10-8-16(9-11-17)22-18(23)14(2)3/h8-11,15H,2,7,12-13H2,1,3-6H3,(H,21,24)(H,22,23). The second-order valence-corrected chi connectivity index (χ2v) is 7.38. The van der Waals surface area contributed by atoms with E-state index in [0.29, 0.717) is 29.5 Å².